The SMILES string of the molecule is Cc1ccc(C)c2c(O)c(-c3cc(-c4cn(-c5ccccc5)nc4-c4ccccc4)c(C#N)c(N)n3)c(=O)oc12. The Labute approximate surface area is 229 Å². The Morgan fingerprint density at radius 1 is 0.950 bits per heavy atom. The number of aromatic nitrogens is 3. The van der Waals surface area contributed by atoms with Crippen LogP contribution in [0.15, 0.2) is 94.3 Å². The molecule has 0 atom stereocenters. The highest BCUT2D eigenvalue weighted by Gasteiger charge is 2.24. The molecule has 6 rings (SSSR count). The van der Waals surface area contributed by atoms with Gasteiger partial charge in [-0.05, 0) is 43.2 Å². The number of nitrogens with two attached hydrogens (primary N) is 1. The molecule has 0 aliphatic carbocycles. The fourth-order valence-electron chi connectivity index (χ4n) is 4.92. The topological polar surface area (TPSA) is 131 Å². The third-order valence-electron chi connectivity index (χ3n) is 6.92. The van der Waals surface area contributed by atoms with Gasteiger partial charge < -0.3 is 15.3 Å². The first-order chi connectivity index (χ1) is 19.4. The van der Waals surface area contributed by atoms with E-state index in [1.807, 2.05) is 85.9 Å². The van der Waals surface area contributed by atoms with Crippen LogP contribution in [0.5, 0.6) is 5.75 Å². The zero-order valence-electron chi connectivity index (χ0n) is 21.7. The molecular weight excluding hydrogens is 502 g/mol. The highest BCUT2D eigenvalue weighted by Crippen LogP contribution is 2.40. The Kier molecular flexibility index (Phi) is 5.89. The zero-order chi connectivity index (χ0) is 28.0. The number of rotatable bonds is 4. The van der Waals surface area contributed by atoms with Gasteiger partial charge in [-0.15, -0.1) is 0 Å². The number of aromatic hydroxyl groups is 1. The largest absolute Gasteiger partial charge is 0.506 e. The molecule has 0 saturated heterocycles. The lowest BCUT2D eigenvalue weighted by Gasteiger charge is -2.13. The molecule has 0 amide bonds. The Morgan fingerprint density at radius 3 is 2.33 bits per heavy atom. The van der Waals surface area contributed by atoms with Crippen molar-refractivity contribution < 1.29 is 9.52 Å². The lowest BCUT2D eigenvalue weighted by atomic mass is 9.96. The Hall–Kier alpha value is -5.68. The molecule has 0 aliphatic rings. The first kappa shape index (κ1) is 24.6. The van der Waals surface area contributed by atoms with Crippen LogP contribution >= 0.6 is 0 Å². The van der Waals surface area contributed by atoms with E-state index in [2.05, 4.69) is 11.1 Å². The highest BCUT2D eigenvalue weighted by atomic mass is 16.4. The monoisotopic (exact) mass is 525 g/mol. The summed E-state index contributed by atoms with van der Waals surface area (Å²) in [4.78, 5) is 17.6. The number of fused-ring (bicyclic) bond motifs is 1. The Morgan fingerprint density at radius 2 is 1.62 bits per heavy atom. The number of nitrogens with zero attached hydrogens (tertiary/aromatic N) is 4. The highest BCUT2D eigenvalue weighted by molar-refractivity contribution is 5.95. The average Bonchev–Trinajstić information content (AvgIpc) is 3.41. The van der Waals surface area contributed by atoms with Crippen LogP contribution < -0.4 is 11.4 Å². The Balaban J connectivity index is 1.65. The van der Waals surface area contributed by atoms with Gasteiger partial charge in [0, 0.05) is 22.9 Å². The molecule has 0 aliphatic heterocycles. The summed E-state index contributed by atoms with van der Waals surface area (Å²) in [6.45, 7) is 3.62. The molecule has 6 aromatic rings. The van der Waals surface area contributed by atoms with Crippen molar-refractivity contribution in [2.75, 3.05) is 5.73 Å². The molecule has 0 radical (unpaired) electrons. The standard InChI is InChI=1S/C32H23N5O3/c1-18-13-14-19(2)30-26(18)29(38)27(32(39)40-30)25-15-22(23(16-33)31(34)35-25)24-17-37(21-11-7-4-8-12-21)36-28(24)20-9-5-3-6-10-20/h3-15,17,38H,1-2H3,(H2,34,35). The first-order valence-electron chi connectivity index (χ1n) is 12.5. The fourth-order valence-corrected chi connectivity index (χ4v) is 4.92. The zero-order valence-corrected chi connectivity index (χ0v) is 21.7. The van der Waals surface area contributed by atoms with Crippen LogP contribution in [-0.2, 0) is 0 Å². The summed E-state index contributed by atoms with van der Waals surface area (Å²) in [5.74, 6) is -0.334. The number of aryl methyl sites for hydroxylation is 2. The minimum atomic E-state index is -0.760. The van der Waals surface area contributed by atoms with Crippen LogP contribution in [0.1, 0.15) is 16.7 Å². The minimum absolute atomic E-state index is 0.0821. The summed E-state index contributed by atoms with van der Waals surface area (Å²) in [6, 6.07) is 26.6. The van der Waals surface area contributed by atoms with Gasteiger partial charge in [0.05, 0.1) is 16.8 Å². The van der Waals surface area contributed by atoms with Gasteiger partial charge in [-0.2, -0.15) is 10.4 Å². The van der Waals surface area contributed by atoms with Crippen LogP contribution in [0.25, 0.3) is 50.3 Å². The van der Waals surface area contributed by atoms with Crippen LogP contribution in [0.3, 0.4) is 0 Å². The molecule has 0 bridgehead atoms. The third-order valence-corrected chi connectivity index (χ3v) is 6.92. The number of anilines is 1. The molecule has 0 spiro atoms. The van der Waals surface area contributed by atoms with Crippen molar-refractivity contribution in [3.63, 3.8) is 0 Å². The summed E-state index contributed by atoms with van der Waals surface area (Å²) < 4.78 is 7.38. The number of pyridine rings is 1. The lowest BCUT2D eigenvalue weighted by molar-refractivity contribution is 0.470. The van der Waals surface area contributed by atoms with Crippen LogP contribution in [0.4, 0.5) is 5.82 Å². The van der Waals surface area contributed by atoms with Gasteiger partial charge in [-0.3, -0.25) is 0 Å². The van der Waals surface area contributed by atoms with E-state index in [1.165, 1.54) is 0 Å². The molecule has 8 nitrogen and oxygen atoms in total. The van der Waals surface area contributed by atoms with Crippen molar-refractivity contribution in [1.29, 1.82) is 5.26 Å². The predicted octanol–water partition coefficient (Wildman–Crippen LogP) is 6.15. The quantitative estimate of drug-likeness (QED) is 0.264. The summed E-state index contributed by atoms with van der Waals surface area (Å²) in [6.07, 6.45) is 1.81. The van der Waals surface area contributed by atoms with Gasteiger partial charge in [0.15, 0.2) is 0 Å². The summed E-state index contributed by atoms with van der Waals surface area (Å²) in [5.41, 5.74) is 10.7. The van der Waals surface area contributed by atoms with Gasteiger partial charge in [-0.25, -0.2) is 14.5 Å². The molecule has 194 valence electrons. The van der Waals surface area contributed by atoms with Crippen molar-refractivity contribution in [2.24, 2.45) is 0 Å². The van der Waals surface area contributed by atoms with Gasteiger partial charge in [-0.1, -0.05) is 60.7 Å². The van der Waals surface area contributed by atoms with Gasteiger partial charge in [0.1, 0.15) is 40.0 Å². The van der Waals surface area contributed by atoms with E-state index >= 15 is 0 Å². The molecule has 3 heterocycles. The molecule has 8 heteroatoms. The number of hydrogen-bond donors (Lipinski definition) is 2. The second kappa shape index (κ2) is 9.57. The van der Waals surface area contributed by atoms with Gasteiger partial charge >= 0.3 is 5.63 Å². The lowest BCUT2D eigenvalue weighted by Crippen LogP contribution is -2.08. The molecule has 0 fully saturated rings. The van der Waals surface area contributed by atoms with Crippen molar-refractivity contribution >= 4 is 16.8 Å². The molecule has 3 N–H and O–H groups in total. The fraction of sp³-hybridized carbons (Fsp3) is 0.0625. The second-order valence-corrected chi connectivity index (χ2v) is 9.48. The average molecular weight is 526 g/mol. The van der Waals surface area contributed by atoms with Crippen molar-refractivity contribution in [3.05, 3.63) is 112 Å². The maximum atomic E-state index is 13.2. The molecule has 3 aromatic heterocycles. The second-order valence-electron chi connectivity index (χ2n) is 9.48. The molecule has 3 aromatic carbocycles. The number of hydrogen-bond acceptors (Lipinski definition) is 7. The summed E-state index contributed by atoms with van der Waals surface area (Å²) in [7, 11) is 0. The first-order valence-corrected chi connectivity index (χ1v) is 12.5. The normalized spacial score (nSPS) is 11.0. The van der Waals surface area contributed by atoms with E-state index < -0.39 is 5.63 Å². The van der Waals surface area contributed by atoms with Gasteiger partial charge in [0.25, 0.3) is 0 Å². The van der Waals surface area contributed by atoms with Crippen LogP contribution in [-0.4, -0.2) is 19.9 Å². The third kappa shape index (κ3) is 3.97. The summed E-state index contributed by atoms with van der Waals surface area (Å²) >= 11 is 0. The number of benzene rings is 3. The van der Waals surface area contributed by atoms with E-state index in [4.69, 9.17) is 15.2 Å². The van der Waals surface area contributed by atoms with Gasteiger partial charge in [0.2, 0.25) is 0 Å². The maximum Gasteiger partial charge on any atom is 0.349 e. The molecule has 40 heavy (non-hydrogen) atoms. The molecule has 0 saturated carbocycles. The van der Waals surface area contributed by atoms with Crippen molar-refractivity contribution in [2.45, 2.75) is 13.8 Å². The maximum absolute atomic E-state index is 13.2. The van der Waals surface area contributed by atoms with Crippen LogP contribution in [0, 0.1) is 25.2 Å². The molecular formula is C32H23N5O3. The van der Waals surface area contributed by atoms with Crippen molar-refractivity contribution in [3.8, 4) is 51.1 Å². The van der Waals surface area contributed by atoms with E-state index in [0.29, 0.717) is 33.4 Å². The van der Waals surface area contributed by atoms with E-state index in [1.54, 1.807) is 17.7 Å². The van der Waals surface area contributed by atoms with Crippen molar-refractivity contribution in [1.82, 2.24) is 14.8 Å². The minimum Gasteiger partial charge on any atom is -0.506 e. The predicted molar refractivity (Wildman–Crippen MR) is 154 cm³/mol. The van der Waals surface area contributed by atoms with E-state index in [0.717, 1.165) is 16.8 Å². The van der Waals surface area contributed by atoms with Crippen LogP contribution in [0.2, 0.25) is 0 Å². The number of nitrogen functional groups attached to an aromatic ring is 1. The molecule has 0 unspecified atom stereocenters. The number of nitriles is 1. The Bertz CT molecular complexity index is 2020. The smallest absolute Gasteiger partial charge is 0.349 e. The van der Waals surface area contributed by atoms with E-state index in [-0.39, 0.29) is 28.4 Å². The van der Waals surface area contributed by atoms with E-state index in [9.17, 15) is 15.2 Å². The number of para-hydroxylation sites is 1. The summed E-state index contributed by atoms with van der Waals surface area (Å²) in [5, 5.41) is 26.7.